The molecule has 3 nitrogen and oxygen atoms in total. The van der Waals surface area contributed by atoms with E-state index in [0.717, 1.165) is 54.2 Å². The van der Waals surface area contributed by atoms with Gasteiger partial charge in [0.05, 0.1) is 0 Å². The molecule has 8 aromatic rings. The van der Waals surface area contributed by atoms with Gasteiger partial charge in [-0.1, -0.05) is 143 Å². The molecule has 4 aliphatic rings. The van der Waals surface area contributed by atoms with Crippen LogP contribution in [0.1, 0.15) is 166 Å². The molecule has 1 N–H and O–H groups in total. The zero-order valence-corrected chi connectivity index (χ0v) is 45.8. The second-order valence-corrected chi connectivity index (χ2v) is 26.7. The molecule has 0 bridgehead atoms. The summed E-state index contributed by atoms with van der Waals surface area (Å²) in [5.74, 6) is 0. The van der Waals surface area contributed by atoms with Gasteiger partial charge in [-0.25, -0.2) is 0 Å². The van der Waals surface area contributed by atoms with E-state index in [4.69, 9.17) is 4.42 Å². The average molecular weight is 947 g/mol. The number of hydrogen-bond donors (Lipinski definition) is 1. The van der Waals surface area contributed by atoms with Crippen LogP contribution >= 0.6 is 0 Å². The molecular formula is C68H75BN2O. The normalized spacial score (nSPS) is 19.4. The van der Waals surface area contributed by atoms with E-state index in [1.807, 2.05) is 0 Å². The van der Waals surface area contributed by atoms with E-state index >= 15 is 0 Å². The second-order valence-electron chi connectivity index (χ2n) is 26.7. The van der Waals surface area contributed by atoms with Gasteiger partial charge in [-0.2, -0.15) is 0 Å². The lowest BCUT2D eigenvalue weighted by Crippen LogP contribution is -2.41. The number of furan rings is 1. The summed E-state index contributed by atoms with van der Waals surface area (Å²) in [5.41, 5.74) is 27.5. The molecule has 0 fully saturated rings. The van der Waals surface area contributed by atoms with E-state index in [0.29, 0.717) is 0 Å². The van der Waals surface area contributed by atoms with Crippen LogP contribution in [-0.4, -0.2) is 7.28 Å². The van der Waals surface area contributed by atoms with Crippen LogP contribution in [0.3, 0.4) is 0 Å². The first kappa shape index (κ1) is 47.0. The van der Waals surface area contributed by atoms with Crippen molar-refractivity contribution in [1.29, 1.82) is 0 Å². The van der Waals surface area contributed by atoms with Crippen LogP contribution in [0.2, 0.25) is 0 Å². The van der Waals surface area contributed by atoms with Gasteiger partial charge in [0.15, 0.2) is 7.28 Å². The third-order valence-electron chi connectivity index (χ3n) is 18.9. The van der Waals surface area contributed by atoms with Crippen LogP contribution in [-0.2, 0) is 32.5 Å². The first-order valence-corrected chi connectivity index (χ1v) is 27.2. The number of benzene rings is 7. The van der Waals surface area contributed by atoms with E-state index in [2.05, 4.69) is 222 Å². The molecule has 0 atom stereocenters. The lowest BCUT2D eigenvalue weighted by atomic mass is 9.57. The van der Waals surface area contributed by atoms with Crippen molar-refractivity contribution in [1.82, 2.24) is 0 Å². The maximum absolute atomic E-state index is 6.73. The van der Waals surface area contributed by atoms with Gasteiger partial charge in [0, 0.05) is 44.8 Å². The van der Waals surface area contributed by atoms with E-state index in [-0.39, 0.29) is 32.5 Å². The number of anilines is 5. The Kier molecular flexibility index (Phi) is 10.3. The Hall–Kier alpha value is -6.00. The summed E-state index contributed by atoms with van der Waals surface area (Å²) in [5, 5.41) is 6.53. The minimum Gasteiger partial charge on any atom is -0.456 e. The highest BCUT2D eigenvalue weighted by Crippen LogP contribution is 2.54. The van der Waals surface area contributed by atoms with Crippen molar-refractivity contribution >= 4 is 68.6 Å². The van der Waals surface area contributed by atoms with Gasteiger partial charge < -0.3 is 14.6 Å². The minimum absolute atomic E-state index is 0.0135. The summed E-state index contributed by atoms with van der Waals surface area (Å²) < 4.78 is 6.73. The molecule has 0 saturated heterocycles. The van der Waals surface area contributed by atoms with Gasteiger partial charge in [-0.3, -0.25) is 0 Å². The predicted octanol–water partition coefficient (Wildman–Crippen LogP) is 17.5. The highest BCUT2D eigenvalue weighted by molar-refractivity contribution is 6.73. The molecule has 12 rings (SSSR count). The van der Waals surface area contributed by atoms with Crippen molar-refractivity contribution in [2.75, 3.05) is 10.2 Å². The third kappa shape index (κ3) is 7.34. The Balaban J connectivity index is 1.17. The summed E-state index contributed by atoms with van der Waals surface area (Å²) in [6.07, 6.45) is 7.02. The standard InChI is InChI=1S/C68H75BN2O/c1-40-19-15-16-20-44(40)42-32-48(46-35-52-53(67(11,12)29-28-66(52,9)10)37-56(46)70-43-23-24-49-51(34-43)65(7,8)26-25-63(49,3)4)62-59(33-42)71(57-38-54-50(31-41(57)2)64(5,6)27-30-68(54,13)14)58-36-47-45-21-17-18-22-60(45)72-61(47)39-55(58)69-62/h15-24,31-39,69-70H,25-30H2,1-14H3. The molecule has 0 radical (unpaired) electrons. The molecular weight excluding hydrogens is 872 g/mol. The Morgan fingerprint density at radius 1 is 0.431 bits per heavy atom. The lowest BCUT2D eigenvalue weighted by Gasteiger charge is -2.44. The van der Waals surface area contributed by atoms with E-state index < -0.39 is 0 Å². The summed E-state index contributed by atoms with van der Waals surface area (Å²) in [7, 11) is 0.771. The van der Waals surface area contributed by atoms with Crippen LogP contribution in [0.5, 0.6) is 0 Å². The third-order valence-corrected chi connectivity index (χ3v) is 18.9. The van der Waals surface area contributed by atoms with Crippen LogP contribution < -0.4 is 21.1 Å². The van der Waals surface area contributed by atoms with Gasteiger partial charge >= 0.3 is 0 Å². The van der Waals surface area contributed by atoms with E-state index in [1.165, 1.54) is 120 Å². The minimum atomic E-state index is 0.0135. The largest absolute Gasteiger partial charge is 0.456 e. The fourth-order valence-electron chi connectivity index (χ4n) is 13.8. The predicted molar refractivity (Wildman–Crippen MR) is 311 cm³/mol. The molecule has 4 heteroatoms. The van der Waals surface area contributed by atoms with E-state index in [1.54, 1.807) is 0 Å². The number of rotatable bonds is 5. The summed E-state index contributed by atoms with van der Waals surface area (Å²) in [6, 6.07) is 45.1. The van der Waals surface area contributed by atoms with Crippen LogP contribution in [0.4, 0.5) is 28.4 Å². The Morgan fingerprint density at radius 3 is 1.67 bits per heavy atom. The lowest BCUT2D eigenvalue weighted by molar-refractivity contribution is 0.332. The molecule has 7 aromatic carbocycles. The molecule has 0 unspecified atom stereocenters. The molecule has 0 spiro atoms. The molecule has 366 valence electrons. The summed E-state index contributed by atoms with van der Waals surface area (Å²) in [6.45, 7) is 34.1. The molecule has 1 aromatic heterocycles. The fraction of sp³-hybridized carbons (Fsp3) is 0.382. The van der Waals surface area contributed by atoms with E-state index in [9.17, 15) is 0 Å². The van der Waals surface area contributed by atoms with Crippen molar-refractivity contribution in [2.45, 2.75) is 168 Å². The SMILES string of the molecule is Cc1ccccc1-c1cc(-c2cc3c(cc2Nc2ccc4c(c2)C(C)(C)CCC4(C)C)C(C)(C)CCC3(C)C)c2c(c1)N(c1cc3c(cc1C)C(C)(C)CCC3(C)C)c1cc3c(cc1B2)oc1ccccc13. The first-order valence-electron chi connectivity index (χ1n) is 27.2. The van der Waals surface area contributed by atoms with Gasteiger partial charge in [-0.15, -0.1) is 0 Å². The summed E-state index contributed by atoms with van der Waals surface area (Å²) >= 11 is 0. The van der Waals surface area contributed by atoms with Gasteiger partial charge in [-0.05, 0) is 212 Å². The van der Waals surface area contributed by atoms with Crippen molar-refractivity contribution < 1.29 is 4.42 Å². The van der Waals surface area contributed by atoms with Crippen molar-refractivity contribution in [3.63, 3.8) is 0 Å². The average Bonchev–Trinajstić information content (AvgIpc) is 3.69. The van der Waals surface area contributed by atoms with Gasteiger partial charge in [0.1, 0.15) is 11.2 Å². The topological polar surface area (TPSA) is 28.4 Å². The number of aryl methyl sites for hydroxylation is 2. The highest BCUT2D eigenvalue weighted by Gasteiger charge is 2.42. The second kappa shape index (κ2) is 15.8. The number of nitrogens with one attached hydrogen (secondary N) is 1. The Labute approximate surface area is 431 Å². The maximum Gasteiger partial charge on any atom is 0.198 e. The number of nitrogens with zero attached hydrogens (tertiary/aromatic N) is 1. The smallest absolute Gasteiger partial charge is 0.198 e. The molecule has 1 aliphatic heterocycles. The Bertz CT molecular complexity index is 3570. The Morgan fingerprint density at radius 2 is 1.00 bits per heavy atom. The quantitative estimate of drug-likeness (QED) is 0.174. The zero-order valence-electron chi connectivity index (χ0n) is 45.8. The van der Waals surface area contributed by atoms with Gasteiger partial charge in [0.2, 0.25) is 0 Å². The molecule has 0 amide bonds. The number of fused-ring (bicyclic) bond motifs is 8. The van der Waals surface area contributed by atoms with Crippen LogP contribution in [0.15, 0.2) is 120 Å². The van der Waals surface area contributed by atoms with Crippen molar-refractivity contribution in [3.8, 4) is 22.3 Å². The maximum atomic E-state index is 6.73. The number of hydrogen-bond acceptors (Lipinski definition) is 3. The van der Waals surface area contributed by atoms with Crippen molar-refractivity contribution in [3.05, 3.63) is 160 Å². The van der Waals surface area contributed by atoms with Gasteiger partial charge in [0.25, 0.3) is 0 Å². The summed E-state index contributed by atoms with van der Waals surface area (Å²) in [4.78, 5) is 2.67. The van der Waals surface area contributed by atoms with Crippen LogP contribution in [0, 0.1) is 13.8 Å². The first-order chi connectivity index (χ1) is 33.9. The number of para-hydroxylation sites is 1. The molecule has 72 heavy (non-hydrogen) atoms. The molecule has 2 heterocycles. The van der Waals surface area contributed by atoms with Crippen molar-refractivity contribution in [2.24, 2.45) is 0 Å². The highest BCUT2D eigenvalue weighted by atomic mass is 16.3. The fourth-order valence-corrected chi connectivity index (χ4v) is 13.8. The molecule has 3 aliphatic carbocycles. The molecule has 0 saturated carbocycles. The van der Waals surface area contributed by atoms with Crippen LogP contribution in [0.25, 0.3) is 44.2 Å². The zero-order chi connectivity index (χ0) is 50.7. The monoisotopic (exact) mass is 947 g/mol.